The minimum Gasteiger partial charge on any atom is -0.480 e. The molecule has 0 aliphatic rings. The lowest BCUT2D eigenvalue weighted by molar-refractivity contribution is -0.138. The first-order chi connectivity index (χ1) is 8.77. The number of rotatable bonds is 6. The third-order valence-electron chi connectivity index (χ3n) is 2.18. The van der Waals surface area contributed by atoms with Crippen molar-refractivity contribution in [1.29, 1.82) is 0 Å². The number of carboxylic acids is 1. The summed E-state index contributed by atoms with van der Waals surface area (Å²) >= 11 is 11.5. The predicted octanol–water partition coefficient (Wildman–Crippen LogP) is 2.30. The Kier molecular flexibility index (Phi) is 5.37. The van der Waals surface area contributed by atoms with Crippen molar-refractivity contribution < 1.29 is 18.3 Å². The first kappa shape index (κ1) is 16.0. The summed E-state index contributed by atoms with van der Waals surface area (Å²) in [6.45, 7) is 3.37. The number of sulfonamides is 1. The van der Waals surface area contributed by atoms with Gasteiger partial charge < -0.3 is 5.11 Å². The Labute approximate surface area is 120 Å². The number of carbonyl (C=O) groups is 1. The molecule has 1 atom stereocenters. The third kappa shape index (κ3) is 4.21. The van der Waals surface area contributed by atoms with Crippen LogP contribution in [0.2, 0.25) is 10.0 Å². The van der Waals surface area contributed by atoms with E-state index < -0.39 is 22.0 Å². The molecule has 1 aromatic carbocycles. The van der Waals surface area contributed by atoms with Crippen LogP contribution in [-0.2, 0) is 14.8 Å². The van der Waals surface area contributed by atoms with Crippen LogP contribution in [0.15, 0.2) is 35.7 Å². The molecule has 104 valence electrons. The Hall–Kier alpha value is -1.08. The van der Waals surface area contributed by atoms with Gasteiger partial charge in [-0.15, -0.1) is 6.58 Å². The van der Waals surface area contributed by atoms with Crippen molar-refractivity contribution in [3.63, 3.8) is 0 Å². The van der Waals surface area contributed by atoms with Gasteiger partial charge in [-0.05, 0) is 24.6 Å². The molecule has 1 unspecified atom stereocenters. The summed E-state index contributed by atoms with van der Waals surface area (Å²) in [7, 11) is -4.07. The fraction of sp³-hybridized carbons (Fsp3) is 0.182. The average Bonchev–Trinajstić information content (AvgIpc) is 2.31. The Balaban J connectivity index is 3.13. The molecule has 0 bridgehead atoms. The summed E-state index contributed by atoms with van der Waals surface area (Å²) in [5.74, 6) is -1.30. The van der Waals surface area contributed by atoms with E-state index in [4.69, 9.17) is 28.3 Å². The van der Waals surface area contributed by atoms with E-state index >= 15 is 0 Å². The Morgan fingerprint density at radius 2 is 2.11 bits per heavy atom. The van der Waals surface area contributed by atoms with Crippen LogP contribution in [0, 0.1) is 0 Å². The van der Waals surface area contributed by atoms with Crippen LogP contribution < -0.4 is 4.72 Å². The summed E-state index contributed by atoms with van der Waals surface area (Å²) in [6.07, 6.45) is 1.26. The Morgan fingerprint density at radius 1 is 1.47 bits per heavy atom. The number of carboxylic acid groups (broad SMARTS) is 1. The van der Waals surface area contributed by atoms with Gasteiger partial charge in [0, 0.05) is 5.02 Å². The molecular formula is C11H11Cl2NO4S. The molecule has 5 nitrogen and oxygen atoms in total. The molecule has 0 saturated carbocycles. The summed E-state index contributed by atoms with van der Waals surface area (Å²) in [4.78, 5) is 10.6. The van der Waals surface area contributed by atoms with Crippen LogP contribution >= 0.6 is 23.2 Å². The SMILES string of the molecule is C=CCC(NS(=O)(=O)c1cc(Cl)ccc1Cl)C(=O)O. The highest BCUT2D eigenvalue weighted by atomic mass is 35.5. The first-order valence-corrected chi connectivity index (χ1v) is 7.33. The lowest BCUT2D eigenvalue weighted by atomic mass is 10.2. The van der Waals surface area contributed by atoms with E-state index in [0.29, 0.717) is 0 Å². The maximum Gasteiger partial charge on any atom is 0.322 e. The fourth-order valence-electron chi connectivity index (χ4n) is 1.30. The van der Waals surface area contributed by atoms with E-state index in [2.05, 4.69) is 6.58 Å². The molecule has 0 fully saturated rings. The predicted molar refractivity (Wildman–Crippen MR) is 73.0 cm³/mol. The Bertz CT molecular complexity index is 601. The van der Waals surface area contributed by atoms with Crippen LogP contribution in [0.1, 0.15) is 6.42 Å². The number of hydrogen-bond donors (Lipinski definition) is 2. The molecule has 0 saturated heterocycles. The quantitative estimate of drug-likeness (QED) is 0.787. The summed E-state index contributed by atoms with van der Waals surface area (Å²) in [6, 6.07) is 2.60. The zero-order chi connectivity index (χ0) is 14.6. The summed E-state index contributed by atoms with van der Waals surface area (Å²) in [5.41, 5.74) is 0. The molecule has 0 amide bonds. The number of benzene rings is 1. The van der Waals surface area contributed by atoms with E-state index in [1.54, 1.807) is 0 Å². The van der Waals surface area contributed by atoms with Crippen molar-refractivity contribution in [2.24, 2.45) is 0 Å². The lowest BCUT2D eigenvalue weighted by Gasteiger charge is -2.14. The lowest BCUT2D eigenvalue weighted by Crippen LogP contribution is -2.40. The molecule has 0 radical (unpaired) electrons. The van der Waals surface area contributed by atoms with E-state index in [1.165, 1.54) is 18.2 Å². The van der Waals surface area contributed by atoms with Gasteiger partial charge in [-0.1, -0.05) is 29.3 Å². The van der Waals surface area contributed by atoms with E-state index in [9.17, 15) is 13.2 Å². The van der Waals surface area contributed by atoms with Crippen LogP contribution in [0.5, 0.6) is 0 Å². The molecule has 1 aromatic rings. The second-order valence-corrected chi connectivity index (χ2v) is 6.14. The van der Waals surface area contributed by atoms with Crippen LogP contribution in [0.4, 0.5) is 0 Å². The van der Waals surface area contributed by atoms with Gasteiger partial charge in [-0.3, -0.25) is 4.79 Å². The molecule has 0 aliphatic carbocycles. The maximum absolute atomic E-state index is 12.0. The zero-order valence-electron chi connectivity index (χ0n) is 9.64. The van der Waals surface area contributed by atoms with Gasteiger partial charge in [0.15, 0.2) is 0 Å². The molecule has 0 aliphatic heterocycles. The molecular weight excluding hydrogens is 313 g/mol. The van der Waals surface area contributed by atoms with Crippen LogP contribution in [0.3, 0.4) is 0 Å². The molecule has 0 spiro atoms. The third-order valence-corrected chi connectivity index (χ3v) is 4.37. The first-order valence-electron chi connectivity index (χ1n) is 5.09. The van der Waals surface area contributed by atoms with Crippen molar-refractivity contribution in [3.05, 3.63) is 40.9 Å². The number of halogens is 2. The van der Waals surface area contributed by atoms with Gasteiger partial charge in [0.2, 0.25) is 10.0 Å². The normalized spacial score (nSPS) is 12.9. The standard InChI is InChI=1S/C11H11Cl2NO4S/c1-2-3-9(11(15)16)14-19(17,18)10-6-7(12)4-5-8(10)13/h2,4-6,9,14H,1,3H2,(H,15,16). The minimum absolute atomic E-state index is 0.0420. The number of aliphatic carboxylic acids is 1. The second kappa shape index (κ2) is 6.38. The van der Waals surface area contributed by atoms with E-state index in [0.717, 1.165) is 6.07 Å². The summed E-state index contributed by atoms with van der Waals surface area (Å²) in [5, 5.41) is 9.04. The van der Waals surface area contributed by atoms with Crippen LogP contribution in [-0.4, -0.2) is 25.5 Å². The second-order valence-electron chi connectivity index (χ2n) is 3.61. The maximum atomic E-state index is 12.0. The van der Waals surface area contributed by atoms with Gasteiger partial charge in [-0.2, -0.15) is 4.72 Å². The number of hydrogen-bond acceptors (Lipinski definition) is 3. The van der Waals surface area contributed by atoms with Crippen molar-refractivity contribution in [1.82, 2.24) is 4.72 Å². The van der Waals surface area contributed by atoms with Crippen LogP contribution in [0.25, 0.3) is 0 Å². The highest BCUT2D eigenvalue weighted by molar-refractivity contribution is 7.89. The molecule has 0 heterocycles. The van der Waals surface area contributed by atoms with Gasteiger partial charge in [-0.25, -0.2) is 8.42 Å². The van der Waals surface area contributed by atoms with E-state index in [-0.39, 0.29) is 21.4 Å². The van der Waals surface area contributed by atoms with Gasteiger partial charge in [0.05, 0.1) is 5.02 Å². The molecule has 2 N–H and O–H groups in total. The smallest absolute Gasteiger partial charge is 0.322 e. The van der Waals surface area contributed by atoms with Gasteiger partial charge in [0.1, 0.15) is 10.9 Å². The van der Waals surface area contributed by atoms with Crippen molar-refractivity contribution in [3.8, 4) is 0 Å². The number of nitrogens with one attached hydrogen (secondary N) is 1. The van der Waals surface area contributed by atoms with Gasteiger partial charge >= 0.3 is 5.97 Å². The highest BCUT2D eigenvalue weighted by Crippen LogP contribution is 2.25. The monoisotopic (exact) mass is 323 g/mol. The van der Waals surface area contributed by atoms with E-state index in [1.807, 2.05) is 4.72 Å². The molecule has 1 rings (SSSR count). The van der Waals surface area contributed by atoms with Crippen molar-refractivity contribution in [2.75, 3.05) is 0 Å². The molecule has 8 heteroatoms. The van der Waals surface area contributed by atoms with Crippen molar-refractivity contribution in [2.45, 2.75) is 17.4 Å². The average molecular weight is 324 g/mol. The fourth-order valence-corrected chi connectivity index (χ4v) is 3.26. The largest absolute Gasteiger partial charge is 0.480 e. The zero-order valence-corrected chi connectivity index (χ0v) is 12.0. The highest BCUT2D eigenvalue weighted by Gasteiger charge is 2.26. The summed E-state index contributed by atoms with van der Waals surface area (Å²) < 4.78 is 26.1. The topological polar surface area (TPSA) is 83.5 Å². The minimum atomic E-state index is -4.07. The van der Waals surface area contributed by atoms with Gasteiger partial charge in [0.25, 0.3) is 0 Å². The molecule has 19 heavy (non-hydrogen) atoms. The Morgan fingerprint density at radius 3 is 2.63 bits per heavy atom. The van der Waals surface area contributed by atoms with Crippen molar-refractivity contribution >= 4 is 39.2 Å². The molecule has 0 aromatic heterocycles.